The number of aryl methyl sites for hydroxylation is 1. The molecule has 0 unspecified atom stereocenters. The highest BCUT2D eigenvalue weighted by Gasteiger charge is 2.24. The van der Waals surface area contributed by atoms with Crippen molar-refractivity contribution in [3.05, 3.63) is 70.9 Å². The van der Waals surface area contributed by atoms with Gasteiger partial charge in [0.15, 0.2) is 6.61 Å². The van der Waals surface area contributed by atoms with Crippen molar-refractivity contribution in [3.63, 3.8) is 0 Å². The van der Waals surface area contributed by atoms with Crippen molar-refractivity contribution in [2.24, 2.45) is 0 Å². The van der Waals surface area contributed by atoms with E-state index < -0.39 is 5.97 Å². The fourth-order valence-corrected chi connectivity index (χ4v) is 4.05. The molecule has 4 rings (SSSR count). The lowest BCUT2D eigenvalue weighted by atomic mass is 9.90. The lowest BCUT2D eigenvalue weighted by Crippen LogP contribution is -2.31. The molecule has 6 heteroatoms. The number of hydrogen-bond acceptors (Lipinski definition) is 5. The molecule has 1 aliphatic rings. The molecule has 1 aliphatic carbocycles. The molecule has 0 fully saturated rings. The van der Waals surface area contributed by atoms with Crippen LogP contribution in [-0.2, 0) is 28.9 Å². The van der Waals surface area contributed by atoms with Gasteiger partial charge >= 0.3 is 5.97 Å². The molecule has 1 amide bonds. The van der Waals surface area contributed by atoms with E-state index in [1.165, 1.54) is 0 Å². The fourth-order valence-electron chi connectivity index (χ4n) is 4.05. The number of carbonyl (C=O) groups is 2. The molecule has 1 aromatic heterocycles. The van der Waals surface area contributed by atoms with Gasteiger partial charge in [-0.3, -0.25) is 9.78 Å². The van der Waals surface area contributed by atoms with Crippen molar-refractivity contribution >= 4 is 22.8 Å². The standard InChI is InChI=1S/C25H26N2O4/c1-27(15-17-8-7-9-18(14-17)30-2)23(28)16-31-25(29)24-19-10-3-5-12-21(19)26-22-13-6-4-11-20(22)24/h3,5,7-10,12,14H,4,6,11,13,15-16H2,1-2H3. The van der Waals surface area contributed by atoms with Gasteiger partial charge in [-0.25, -0.2) is 4.79 Å². The zero-order valence-electron chi connectivity index (χ0n) is 17.9. The van der Waals surface area contributed by atoms with Gasteiger partial charge in [0.25, 0.3) is 5.91 Å². The first kappa shape index (κ1) is 20.8. The van der Waals surface area contributed by atoms with Crippen LogP contribution in [0, 0.1) is 0 Å². The summed E-state index contributed by atoms with van der Waals surface area (Å²) in [6.07, 6.45) is 3.76. The maximum atomic E-state index is 13.1. The van der Waals surface area contributed by atoms with Gasteiger partial charge in [0.2, 0.25) is 0 Å². The molecule has 0 atom stereocenters. The molecule has 3 aromatic rings. The maximum absolute atomic E-state index is 13.1. The summed E-state index contributed by atoms with van der Waals surface area (Å²) in [5.74, 6) is 0.0161. The summed E-state index contributed by atoms with van der Waals surface area (Å²) >= 11 is 0. The Balaban J connectivity index is 1.48. The second-order valence-electron chi connectivity index (χ2n) is 7.81. The summed E-state index contributed by atoms with van der Waals surface area (Å²) < 4.78 is 10.7. The number of para-hydroxylation sites is 1. The Labute approximate surface area is 181 Å². The molecule has 31 heavy (non-hydrogen) atoms. The predicted molar refractivity (Wildman–Crippen MR) is 118 cm³/mol. The second kappa shape index (κ2) is 9.16. The Kier molecular flexibility index (Phi) is 6.16. The first-order valence-electron chi connectivity index (χ1n) is 10.5. The smallest absolute Gasteiger partial charge is 0.339 e. The van der Waals surface area contributed by atoms with Crippen LogP contribution in [0.25, 0.3) is 10.9 Å². The summed E-state index contributed by atoms with van der Waals surface area (Å²) in [7, 11) is 3.30. The number of carbonyl (C=O) groups excluding carboxylic acids is 2. The van der Waals surface area contributed by atoms with Crippen LogP contribution in [0.15, 0.2) is 48.5 Å². The van der Waals surface area contributed by atoms with E-state index in [9.17, 15) is 9.59 Å². The minimum atomic E-state index is -0.458. The maximum Gasteiger partial charge on any atom is 0.339 e. The molecule has 6 nitrogen and oxygen atoms in total. The van der Waals surface area contributed by atoms with Gasteiger partial charge in [-0.2, -0.15) is 0 Å². The molecule has 0 saturated heterocycles. The van der Waals surface area contributed by atoms with Crippen LogP contribution in [0.2, 0.25) is 0 Å². The van der Waals surface area contributed by atoms with Crippen LogP contribution in [0.5, 0.6) is 5.75 Å². The summed E-state index contributed by atoms with van der Waals surface area (Å²) in [4.78, 5) is 32.0. The molecular weight excluding hydrogens is 392 g/mol. The largest absolute Gasteiger partial charge is 0.497 e. The van der Waals surface area contributed by atoms with Gasteiger partial charge in [0, 0.05) is 24.7 Å². The number of rotatable bonds is 6. The summed E-state index contributed by atoms with van der Waals surface area (Å²) in [5, 5.41) is 0.783. The first-order valence-corrected chi connectivity index (χ1v) is 10.5. The van der Waals surface area contributed by atoms with E-state index in [-0.39, 0.29) is 12.5 Å². The highest BCUT2D eigenvalue weighted by atomic mass is 16.5. The van der Waals surface area contributed by atoms with Crippen molar-refractivity contribution in [1.82, 2.24) is 9.88 Å². The monoisotopic (exact) mass is 418 g/mol. The van der Waals surface area contributed by atoms with E-state index in [1.807, 2.05) is 48.5 Å². The van der Waals surface area contributed by atoms with E-state index in [0.29, 0.717) is 12.1 Å². The topological polar surface area (TPSA) is 68.7 Å². The van der Waals surface area contributed by atoms with Gasteiger partial charge in [-0.1, -0.05) is 30.3 Å². The molecular formula is C25H26N2O4. The summed E-state index contributed by atoms with van der Waals surface area (Å²) in [6.45, 7) is 0.103. The van der Waals surface area contributed by atoms with Crippen LogP contribution in [0.4, 0.5) is 0 Å². The van der Waals surface area contributed by atoms with Gasteiger partial charge in [0.05, 0.1) is 18.2 Å². The molecule has 160 valence electrons. The molecule has 0 aliphatic heterocycles. The average molecular weight is 418 g/mol. The number of methoxy groups -OCH3 is 1. The Bertz CT molecular complexity index is 1130. The van der Waals surface area contributed by atoms with Crippen LogP contribution in [0.3, 0.4) is 0 Å². The fraction of sp³-hybridized carbons (Fsp3) is 0.320. The zero-order valence-corrected chi connectivity index (χ0v) is 17.9. The van der Waals surface area contributed by atoms with Crippen molar-refractivity contribution < 1.29 is 19.1 Å². The third-order valence-electron chi connectivity index (χ3n) is 5.68. The molecule has 1 heterocycles. The van der Waals surface area contributed by atoms with E-state index in [4.69, 9.17) is 14.5 Å². The van der Waals surface area contributed by atoms with Gasteiger partial charge < -0.3 is 14.4 Å². The Hall–Kier alpha value is -3.41. The van der Waals surface area contributed by atoms with E-state index in [0.717, 1.165) is 59.2 Å². The van der Waals surface area contributed by atoms with Crippen LogP contribution in [0.1, 0.15) is 40.0 Å². The molecule has 2 aromatic carbocycles. The first-order chi connectivity index (χ1) is 15.1. The highest BCUT2D eigenvalue weighted by Crippen LogP contribution is 2.29. The lowest BCUT2D eigenvalue weighted by Gasteiger charge is -2.21. The summed E-state index contributed by atoms with van der Waals surface area (Å²) in [5.41, 5.74) is 4.22. The zero-order chi connectivity index (χ0) is 21.8. The SMILES string of the molecule is COc1cccc(CN(C)C(=O)COC(=O)c2c3c(nc4ccccc24)CCCC3)c1. The Morgan fingerprint density at radius 1 is 1.06 bits per heavy atom. The summed E-state index contributed by atoms with van der Waals surface area (Å²) in [6, 6.07) is 15.1. The van der Waals surface area contributed by atoms with Crippen molar-refractivity contribution in [2.45, 2.75) is 32.2 Å². The highest BCUT2D eigenvalue weighted by molar-refractivity contribution is 6.05. The number of nitrogens with zero attached hydrogens (tertiary/aromatic N) is 2. The second-order valence-corrected chi connectivity index (χ2v) is 7.81. The predicted octanol–water partition coefficient (Wildman–Crippen LogP) is 3.94. The number of fused-ring (bicyclic) bond motifs is 2. The average Bonchev–Trinajstić information content (AvgIpc) is 2.80. The molecule has 0 radical (unpaired) electrons. The number of benzene rings is 2. The van der Waals surface area contributed by atoms with Crippen LogP contribution >= 0.6 is 0 Å². The number of pyridine rings is 1. The number of likely N-dealkylation sites (N-methyl/N-ethyl adjacent to an activating group) is 1. The minimum Gasteiger partial charge on any atom is -0.497 e. The number of amides is 1. The number of esters is 1. The molecule has 0 spiro atoms. The quantitative estimate of drug-likeness (QED) is 0.567. The molecule has 0 bridgehead atoms. The number of hydrogen-bond donors (Lipinski definition) is 0. The van der Waals surface area contributed by atoms with Gasteiger partial charge in [-0.05, 0) is 55.0 Å². The molecule has 0 saturated carbocycles. The third kappa shape index (κ3) is 4.53. The Morgan fingerprint density at radius 3 is 2.71 bits per heavy atom. The molecule has 0 N–H and O–H groups in total. The van der Waals surface area contributed by atoms with E-state index >= 15 is 0 Å². The minimum absolute atomic E-state index is 0.261. The van der Waals surface area contributed by atoms with Crippen molar-refractivity contribution in [2.75, 3.05) is 20.8 Å². The van der Waals surface area contributed by atoms with Crippen molar-refractivity contribution in [3.8, 4) is 5.75 Å². The van der Waals surface area contributed by atoms with E-state index in [1.54, 1.807) is 19.1 Å². The lowest BCUT2D eigenvalue weighted by molar-refractivity contribution is -0.133. The third-order valence-corrected chi connectivity index (χ3v) is 5.68. The number of ether oxygens (including phenoxy) is 2. The van der Waals surface area contributed by atoms with Crippen LogP contribution < -0.4 is 4.74 Å². The van der Waals surface area contributed by atoms with Crippen LogP contribution in [-0.4, -0.2) is 42.5 Å². The normalized spacial score (nSPS) is 12.8. The number of aromatic nitrogens is 1. The van der Waals surface area contributed by atoms with Gasteiger partial charge in [0.1, 0.15) is 5.75 Å². The van der Waals surface area contributed by atoms with Gasteiger partial charge in [-0.15, -0.1) is 0 Å². The van der Waals surface area contributed by atoms with Crippen molar-refractivity contribution in [1.29, 1.82) is 0 Å². The Morgan fingerprint density at radius 2 is 1.87 bits per heavy atom. The van der Waals surface area contributed by atoms with E-state index in [2.05, 4.69) is 0 Å².